The van der Waals surface area contributed by atoms with Crippen molar-refractivity contribution in [3.63, 3.8) is 0 Å². The van der Waals surface area contributed by atoms with Crippen molar-refractivity contribution in [1.82, 2.24) is 18.3 Å². The van der Waals surface area contributed by atoms with Gasteiger partial charge in [-0.3, -0.25) is 0 Å². The Morgan fingerprint density at radius 3 is 0.971 bits per heavy atom. The molecule has 326 valence electrons. The second-order valence-corrected chi connectivity index (χ2v) is 18.5. The van der Waals surface area contributed by atoms with Crippen LogP contribution in [-0.4, -0.2) is 18.3 Å². The number of benzene rings is 11. The molecule has 0 spiro atoms. The zero-order valence-electron chi connectivity index (χ0n) is 38.0. The molecule has 4 nitrogen and oxygen atoms in total. The first kappa shape index (κ1) is 38.7. The molecule has 0 N–H and O–H groups in total. The third-order valence-corrected chi connectivity index (χ3v) is 14.8. The molecule has 0 unspecified atom stereocenters. The van der Waals surface area contributed by atoms with Gasteiger partial charge in [-0.2, -0.15) is 0 Å². The number of hydrogen-bond acceptors (Lipinski definition) is 0. The molecule has 11 aromatic carbocycles. The molecule has 15 aromatic rings. The summed E-state index contributed by atoms with van der Waals surface area (Å²) in [5.41, 5.74) is 18.8. The summed E-state index contributed by atoms with van der Waals surface area (Å²) in [6.07, 6.45) is 0. The van der Waals surface area contributed by atoms with Gasteiger partial charge in [0, 0.05) is 65.6 Å². The standard InChI is InChI=1S/C66H42N4/c1-2-18-45(19-3-1)67-59-29-13-8-24-51(59)54-40-43(34-37-64(54)67)44-35-38-65-55(41-44)52-25-9-16-32-62(52)69(65)60-30-14-6-22-49(60)50-23-7-15-31-61(50)70-63-33-17-10-26-53(63)56-42-46(36-39-66(56)70)68-57-27-11-4-20-47(57)48-21-5-12-28-58(48)68/h1-42H. The molecule has 0 aliphatic heterocycles. The van der Waals surface area contributed by atoms with E-state index in [9.17, 15) is 0 Å². The van der Waals surface area contributed by atoms with Gasteiger partial charge in [0.15, 0.2) is 0 Å². The summed E-state index contributed by atoms with van der Waals surface area (Å²) in [4.78, 5) is 0. The second-order valence-electron chi connectivity index (χ2n) is 18.5. The lowest BCUT2D eigenvalue weighted by Crippen LogP contribution is -2.01. The molecule has 0 aliphatic rings. The fraction of sp³-hybridized carbons (Fsp3) is 0. The van der Waals surface area contributed by atoms with Crippen LogP contribution in [0.5, 0.6) is 0 Å². The fourth-order valence-corrected chi connectivity index (χ4v) is 11.8. The summed E-state index contributed by atoms with van der Waals surface area (Å²) in [6.45, 7) is 0. The zero-order chi connectivity index (χ0) is 45.9. The molecule has 0 radical (unpaired) electrons. The predicted molar refractivity (Wildman–Crippen MR) is 295 cm³/mol. The third kappa shape index (κ3) is 5.59. The van der Waals surface area contributed by atoms with Gasteiger partial charge in [0.2, 0.25) is 0 Å². The number of nitrogens with zero attached hydrogens (tertiary/aromatic N) is 4. The van der Waals surface area contributed by atoms with Crippen molar-refractivity contribution >= 4 is 87.2 Å². The molecule has 0 atom stereocenters. The van der Waals surface area contributed by atoms with E-state index in [0.717, 1.165) is 28.2 Å². The highest BCUT2D eigenvalue weighted by atomic mass is 15.0. The van der Waals surface area contributed by atoms with E-state index in [1.54, 1.807) is 0 Å². The molecule has 70 heavy (non-hydrogen) atoms. The summed E-state index contributed by atoms with van der Waals surface area (Å²) in [7, 11) is 0. The second kappa shape index (κ2) is 15.1. The van der Waals surface area contributed by atoms with Crippen molar-refractivity contribution in [1.29, 1.82) is 0 Å². The molecule has 0 saturated heterocycles. The van der Waals surface area contributed by atoms with Gasteiger partial charge in [-0.25, -0.2) is 0 Å². The maximum atomic E-state index is 2.47. The van der Waals surface area contributed by atoms with E-state index in [0.29, 0.717) is 0 Å². The average molecular weight is 891 g/mol. The van der Waals surface area contributed by atoms with E-state index in [-0.39, 0.29) is 0 Å². The normalized spacial score (nSPS) is 12.0. The van der Waals surface area contributed by atoms with Gasteiger partial charge in [0.1, 0.15) is 0 Å². The number of aromatic nitrogens is 4. The van der Waals surface area contributed by atoms with Crippen LogP contribution in [0.15, 0.2) is 255 Å². The molecule has 0 fully saturated rings. The van der Waals surface area contributed by atoms with Gasteiger partial charge >= 0.3 is 0 Å². The number of rotatable bonds is 6. The van der Waals surface area contributed by atoms with E-state index in [2.05, 4.69) is 273 Å². The molecule has 4 aromatic heterocycles. The summed E-state index contributed by atoms with van der Waals surface area (Å²) in [6, 6.07) is 93.5. The largest absolute Gasteiger partial charge is 0.309 e. The molecular weight excluding hydrogens is 849 g/mol. The molecular formula is C66H42N4. The quantitative estimate of drug-likeness (QED) is 0.158. The maximum absolute atomic E-state index is 2.47. The van der Waals surface area contributed by atoms with E-state index in [4.69, 9.17) is 0 Å². The van der Waals surface area contributed by atoms with Crippen LogP contribution in [0.25, 0.3) is 132 Å². The minimum atomic E-state index is 1.14. The van der Waals surface area contributed by atoms with Crippen LogP contribution < -0.4 is 0 Å². The Kier molecular flexibility index (Phi) is 8.33. The highest BCUT2D eigenvalue weighted by molar-refractivity contribution is 6.15. The third-order valence-electron chi connectivity index (χ3n) is 14.8. The van der Waals surface area contributed by atoms with Crippen LogP contribution >= 0.6 is 0 Å². The van der Waals surface area contributed by atoms with Crippen molar-refractivity contribution in [3.05, 3.63) is 255 Å². The van der Waals surface area contributed by atoms with Gasteiger partial charge in [0.25, 0.3) is 0 Å². The van der Waals surface area contributed by atoms with Gasteiger partial charge in [-0.15, -0.1) is 0 Å². The van der Waals surface area contributed by atoms with Crippen molar-refractivity contribution in [2.45, 2.75) is 0 Å². The molecule has 4 heteroatoms. The summed E-state index contributed by atoms with van der Waals surface area (Å²) in [5.74, 6) is 0. The lowest BCUT2D eigenvalue weighted by molar-refractivity contribution is 1.15. The Morgan fingerprint density at radius 1 is 0.186 bits per heavy atom. The summed E-state index contributed by atoms with van der Waals surface area (Å²) < 4.78 is 9.74. The van der Waals surface area contributed by atoms with Crippen molar-refractivity contribution in [2.75, 3.05) is 0 Å². The lowest BCUT2D eigenvalue weighted by atomic mass is 10.00. The zero-order valence-corrected chi connectivity index (χ0v) is 38.0. The molecule has 0 amide bonds. The van der Waals surface area contributed by atoms with E-state index >= 15 is 0 Å². The van der Waals surface area contributed by atoms with E-state index in [1.807, 2.05) is 0 Å². The number of fused-ring (bicyclic) bond motifs is 12. The van der Waals surface area contributed by atoms with Gasteiger partial charge < -0.3 is 18.3 Å². The molecule has 0 aliphatic carbocycles. The Balaban J connectivity index is 0.894. The van der Waals surface area contributed by atoms with Crippen molar-refractivity contribution in [3.8, 4) is 45.0 Å². The number of para-hydroxylation sites is 8. The van der Waals surface area contributed by atoms with Crippen molar-refractivity contribution < 1.29 is 0 Å². The first-order valence-corrected chi connectivity index (χ1v) is 24.1. The Hall–Kier alpha value is -9.38. The fourth-order valence-electron chi connectivity index (χ4n) is 11.8. The highest BCUT2D eigenvalue weighted by Crippen LogP contribution is 2.43. The Labute approximate surface area is 403 Å². The highest BCUT2D eigenvalue weighted by Gasteiger charge is 2.22. The van der Waals surface area contributed by atoms with Gasteiger partial charge in [-0.1, -0.05) is 158 Å². The molecule has 15 rings (SSSR count). The first-order valence-electron chi connectivity index (χ1n) is 24.1. The van der Waals surface area contributed by atoms with E-state index < -0.39 is 0 Å². The van der Waals surface area contributed by atoms with Crippen molar-refractivity contribution in [2.24, 2.45) is 0 Å². The average Bonchev–Trinajstić information content (AvgIpc) is 4.16. The predicted octanol–water partition coefficient (Wildman–Crippen LogP) is 17.4. The van der Waals surface area contributed by atoms with E-state index in [1.165, 1.54) is 104 Å². The Morgan fingerprint density at radius 2 is 0.500 bits per heavy atom. The van der Waals surface area contributed by atoms with Crippen LogP contribution in [0.3, 0.4) is 0 Å². The smallest absolute Gasteiger partial charge is 0.0542 e. The van der Waals surface area contributed by atoms with Crippen LogP contribution in [0.2, 0.25) is 0 Å². The van der Waals surface area contributed by atoms with Gasteiger partial charge in [0.05, 0.1) is 55.5 Å². The van der Waals surface area contributed by atoms with Gasteiger partial charge in [-0.05, 0) is 108 Å². The molecule has 4 heterocycles. The first-order chi connectivity index (χ1) is 34.8. The SMILES string of the molecule is c1ccc(-n2c3ccccc3c3cc(-c4ccc5c(c4)c4ccccc4n5-c4ccccc4-c4ccccc4-n4c5ccccc5c5cc(-n6c7ccccc7c7ccccc76)ccc54)ccc32)cc1. The number of hydrogen-bond donors (Lipinski definition) is 0. The monoisotopic (exact) mass is 890 g/mol. The van der Waals surface area contributed by atoms with Crippen LogP contribution in [-0.2, 0) is 0 Å². The lowest BCUT2D eigenvalue weighted by Gasteiger charge is -2.18. The van der Waals surface area contributed by atoms with Crippen LogP contribution in [0.1, 0.15) is 0 Å². The minimum Gasteiger partial charge on any atom is -0.309 e. The minimum absolute atomic E-state index is 1.14. The summed E-state index contributed by atoms with van der Waals surface area (Å²) in [5, 5.41) is 9.92. The van der Waals surface area contributed by atoms with Crippen LogP contribution in [0, 0.1) is 0 Å². The topological polar surface area (TPSA) is 19.7 Å². The summed E-state index contributed by atoms with van der Waals surface area (Å²) >= 11 is 0. The molecule has 0 saturated carbocycles. The Bertz CT molecular complexity index is 4540. The molecule has 0 bridgehead atoms. The van der Waals surface area contributed by atoms with Crippen LogP contribution in [0.4, 0.5) is 0 Å². The maximum Gasteiger partial charge on any atom is 0.0542 e.